The monoisotopic (exact) mass is 284 g/mol. The molecule has 1 aliphatic rings. The standard InChI is InChI=1S/C15H28N2O3/c1-4-20-14(18)9-12-17(11-6-10-16(2)3)15(19)13-7-5-8-13/h13H,4-12H2,1-3H3. The van der Waals surface area contributed by atoms with Crippen LogP contribution in [0.3, 0.4) is 0 Å². The van der Waals surface area contributed by atoms with Crippen molar-refractivity contribution in [1.82, 2.24) is 9.80 Å². The maximum absolute atomic E-state index is 12.3. The Balaban J connectivity index is 2.40. The number of hydrogen-bond acceptors (Lipinski definition) is 4. The van der Waals surface area contributed by atoms with Gasteiger partial charge in [-0.2, -0.15) is 0 Å². The first kappa shape index (κ1) is 17.0. The first-order chi connectivity index (χ1) is 9.54. The molecule has 0 spiro atoms. The molecule has 0 radical (unpaired) electrons. The van der Waals surface area contributed by atoms with E-state index in [1.54, 1.807) is 6.92 Å². The van der Waals surface area contributed by atoms with Gasteiger partial charge in [-0.1, -0.05) is 6.42 Å². The van der Waals surface area contributed by atoms with Crippen molar-refractivity contribution in [1.29, 1.82) is 0 Å². The van der Waals surface area contributed by atoms with E-state index >= 15 is 0 Å². The van der Waals surface area contributed by atoms with E-state index in [4.69, 9.17) is 4.74 Å². The van der Waals surface area contributed by atoms with Gasteiger partial charge < -0.3 is 14.5 Å². The van der Waals surface area contributed by atoms with Crippen LogP contribution in [0, 0.1) is 5.92 Å². The summed E-state index contributed by atoms with van der Waals surface area (Å²) in [5.41, 5.74) is 0. The molecule has 0 aliphatic heterocycles. The average Bonchev–Trinajstić information content (AvgIpc) is 2.31. The number of hydrogen-bond donors (Lipinski definition) is 0. The van der Waals surface area contributed by atoms with Gasteiger partial charge in [0.15, 0.2) is 0 Å². The molecule has 0 aromatic rings. The van der Waals surface area contributed by atoms with Crippen LogP contribution in [0.4, 0.5) is 0 Å². The lowest BCUT2D eigenvalue weighted by Crippen LogP contribution is -2.41. The summed E-state index contributed by atoms with van der Waals surface area (Å²) < 4.78 is 4.93. The number of nitrogens with zero attached hydrogens (tertiary/aromatic N) is 2. The second-order valence-electron chi connectivity index (χ2n) is 5.66. The summed E-state index contributed by atoms with van der Waals surface area (Å²) in [6.45, 7) is 4.37. The summed E-state index contributed by atoms with van der Waals surface area (Å²) in [4.78, 5) is 27.7. The Morgan fingerprint density at radius 2 is 1.85 bits per heavy atom. The van der Waals surface area contributed by atoms with Gasteiger partial charge in [-0.25, -0.2) is 0 Å². The maximum atomic E-state index is 12.3. The summed E-state index contributed by atoms with van der Waals surface area (Å²) >= 11 is 0. The first-order valence-electron chi connectivity index (χ1n) is 7.63. The zero-order valence-electron chi connectivity index (χ0n) is 13.1. The van der Waals surface area contributed by atoms with Crippen LogP contribution in [0.5, 0.6) is 0 Å². The molecule has 5 nitrogen and oxygen atoms in total. The van der Waals surface area contributed by atoms with Gasteiger partial charge in [-0.3, -0.25) is 9.59 Å². The van der Waals surface area contributed by atoms with Crippen molar-refractivity contribution in [3.05, 3.63) is 0 Å². The van der Waals surface area contributed by atoms with E-state index in [1.807, 2.05) is 19.0 Å². The molecule has 0 atom stereocenters. The second kappa shape index (κ2) is 8.95. The van der Waals surface area contributed by atoms with Crippen molar-refractivity contribution in [2.24, 2.45) is 5.92 Å². The van der Waals surface area contributed by atoms with Crippen LogP contribution >= 0.6 is 0 Å². The molecule has 5 heteroatoms. The topological polar surface area (TPSA) is 49.9 Å². The van der Waals surface area contributed by atoms with E-state index in [-0.39, 0.29) is 17.8 Å². The minimum absolute atomic E-state index is 0.191. The maximum Gasteiger partial charge on any atom is 0.307 e. The number of esters is 1. The van der Waals surface area contributed by atoms with Gasteiger partial charge in [0.05, 0.1) is 13.0 Å². The number of carbonyl (C=O) groups excluding carboxylic acids is 2. The summed E-state index contributed by atoms with van der Waals surface area (Å²) in [7, 11) is 4.05. The van der Waals surface area contributed by atoms with Crippen LogP contribution in [-0.2, 0) is 14.3 Å². The largest absolute Gasteiger partial charge is 0.466 e. The number of rotatable bonds is 9. The minimum Gasteiger partial charge on any atom is -0.466 e. The van der Waals surface area contributed by atoms with E-state index in [1.165, 1.54) is 0 Å². The Bertz CT molecular complexity index is 314. The number of carbonyl (C=O) groups is 2. The summed E-state index contributed by atoms with van der Waals surface area (Å²) in [6.07, 6.45) is 4.40. The summed E-state index contributed by atoms with van der Waals surface area (Å²) in [5.74, 6) is 0.197. The molecule has 0 saturated heterocycles. The van der Waals surface area contributed by atoms with Crippen LogP contribution in [0.1, 0.15) is 39.0 Å². The normalized spacial score (nSPS) is 15.0. The van der Waals surface area contributed by atoms with Crippen LogP contribution in [-0.4, -0.2) is 62.0 Å². The number of amides is 1. The molecule has 116 valence electrons. The predicted molar refractivity (Wildman–Crippen MR) is 78.3 cm³/mol. The molecule has 0 bridgehead atoms. The Hall–Kier alpha value is -1.10. The molecule has 0 aromatic heterocycles. The van der Waals surface area contributed by atoms with E-state index in [0.717, 1.165) is 38.8 Å². The van der Waals surface area contributed by atoms with Crippen molar-refractivity contribution >= 4 is 11.9 Å². The quantitative estimate of drug-likeness (QED) is 0.602. The second-order valence-corrected chi connectivity index (χ2v) is 5.66. The molecule has 1 aliphatic carbocycles. The fourth-order valence-corrected chi connectivity index (χ4v) is 2.28. The average molecular weight is 284 g/mol. The van der Waals surface area contributed by atoms with E-state index in [2.05, 4.69) is 4.90 Å². The van der Waals surface area contributed by atoms with Gasteiger partial charge in [0.2, 0.25) is 5.91 Å². The van der Waals surface area contributed by atoms with Gasteiger partial charge in [-0.05, 0) is 46.8 Å². The predicted octanol–water partition coefficient (Wildman–Crippen LogP) is 1.52. The molecule has 1 fully saturated rings. The smallest absolute Gasteiger partial charge is 0.307 e. The zero-order valence-corrected chi connectivity index (χ0v) is 13.1. The fraction of sp³-hybridized carbons (Fsp3) is 0.867. The molecule has 1 rings (SSSR count). The first-order valence-corrected chi connectivity index (χ1v) is 7.63. The lowest BCUT2D eigenvalue weighted by molar-refractivity contribution is -0.145. The SMILES string of the molecule is CCOC(=O)CCN(CCCN(C)C)C(=O)C1CCC1. The minimum atomic E-state index is -0.216. The number of ether oxygens (including phenoxy) is 1. The van der Waals surface area contributed by atoms with Crippen LogP contribution in [0.25, 0.3) is 0 Å². The summed E-state index contributed by atoms with van der Waals surface area (Å²) in [6, 6.07) is 0. The molecular weight excluding hydrogens is 256 g/mol. The highest BCUT2D eigenvalue weighted by molar-refractivity contribution is 5.80. The summed E-state index contributed by atoms with van der Waals surface area (Å²) in [5, 5.41) is 0. The Morgan fingerprint density at radius 1 is 1.15 bits per heavy atom. The molecule has 0 aromatic carbocycles. The van der Waals surface area contributed by atoms with Gasteiger partial charge in [0.1, 0.15) is 0 Å². The van der Waals surface area contributed by atoms with Crippen LogP contribution < -0.4 is 0 Å². The van der Waals surface area contributed by atoms with Crippen LogP contribution in [0.2, 0.25) is 0 Å². The third-order valence-electron chi connectivity index (χ3n) is 3.69. The third-order valence-corrected chi connectivity index (χ3v) is 3.69. The molecular formula is C15H28N2O3. The Kier molecular flexibility index (Phi) is 7.59. The molecule has 0 heterocycles. The third kappa shape index (κ3) is 5.90. The van der Waals surface area contributed by atoms with Crippen molar-refractivity contribution < 1.29 is 14.3 Å². The Labute approximate surface area is 122 Å². The lowest BCUT2D eigenvalue weighted by Gasteiger charge is -2.31. The molecule has 1 amide bonds. The van der Waals surface area contributed by atoms with Gasteiger partial charge in [-0.15, -0.1) is 0 Å². The van der Waals surface area contributed by atoms with Gasteiger partial charge >= 0.3 is 5.97 Å². The Morgan fingerprint density at radius 3 is 2.35 bits per heavy atom. The van der Waals surface area contributed by atoms with Crippen molar-refractivity contribution in [2.45, 2.75) is 39.0 Å². The lowest BCUT2D eigenvalue weighted by atomic mass is 9.84. The zero-order chi connectivity index (χ0) is 15.0. The molecule has 0 unspecified atom stereocenters. The molecule has 0 N–H and O–H groups in total. The van der Waals surface area contributed by atoms with Crippen molar-refractivity contribution in [3.63, 3.8) is 0 Å². The van der Waals surface area contributed by atoms with Crippen LogP contribution in [0.15, 0.2) is 0 Å². The van der Waals surface area contributed by atoms with E-state index < -0.39 is 0 Å². The highest BCUT2D eigenvalue weighted by atomic mass is 16.5. The van der Waals surface area contributed by atoms with Crippen molar-refractivity contribution in [3.8, 4) is 0 Å². The highest BCUT2D eigenvalue weighted by Gasteiger charge is 2.29. The van der Waals surface area contributed by atoms with Crippen molar-refractivity contribution in [2.75, 3.05) is 40.3 Å². The van der Waals surface area contributed by atoms with E-state index in [9.17, 15) is 9.59 Å². The molecule has 20 heavy (non-hydrogen) atoms. The van der Waals surface area contributed by atoms with E-state index in [0.29, 0.717) is 19.6 Å². The molecule has 1 saturated carbocycles. The van der Waals surface area contributed by atoms with Gasteiger partial charge in [0, 0.05) is 19.0 Å². The van der Waals surface area contributed by atoms with Gasteiger partial charge in [0.25, 0.3) is 0 Å². The fourth-order valence-electron chi connectivity index (χ4n) is 2.28. The highest BCUT2D eigenvalue weighted by Crippen LogP contribution is 2.28.